The van der Waals surface area contributed by atoms with Gasteiger partial charge in [-0.15, -0.1) is 0 Å². The van der Waals surface area contributed by atoms with Crippen molar-refractivity contribution in [2.75, 3.05) is 40.1 Å². The summed E-state index contributed by atoms with van der Waals surface area (Å²) in [6, 6.07) is 0. The van der Waals surface area contributed by atoms with Crippen LogP contribution in [-0.4, -0.2) is 57.4 Å². The van der Waals surface area contributed by atoms with Crippen molar-refractivity contribution in [3.8, 4) is 0 Å². The third-order valence-electron chi connectivity index (χ3n) is 5.84. The largest absolute Gasteiger partial charge is 0.382 e. The monoisotopic (exact) mass is 443 g/mol. The summed E-state index contributed by atoms with van der Waals surface area (Å²) < 4.78 is 15.6. The molecule has 0 aliphatic heterocycles. The Morgan fingerprint density at radius 1 is 0.839 bits per heavy atom. The molecule has 31 heavy (non-hydrogen) atoms. The van der Waals surface area contributed by atoms with Crippen molar-refractivity contribution in [3.05, 3.63) is 0 Å². The zero-order valence-corrected chi connectivity index (χ0v) is 21.3. The molecule has 0 heterocycles. The van der Waals surface area contributed by atoms with Gasteiger partial charge in [0, 0.05) is 30.9 Å². The Hall–Kier alpha value is -0.980. The molecule has 3 rings (SSSR count). The average molecular weight is 444 g/mol. The van der Waals surface area contributed by atoms with E-state index in [1.165, 1.54) is 0 Å². The van der Waals surface area contributed by atoms with Crippen LogP contribution in [0.1, 0.15) is 92.9 Å². The van der Waals surface area contributed by atoms with E-state index in [1.54, 1.807) is 7.11 Å². The number of fused-ring (bicyclic) bond motifs is 3. The molecule has 6 nitrogen and oxygen atoms in total. The fourth-order valence-corrected chi connectivity index (χ4v) is 4.15. The molecule has 0 aromatic carbocycles. The Kier molecular flexibility index (Phi) is 16.1. The minimum absolute atomic E-state index is 0.0523. The summed E-state index contributed by atoms with van der Waals surface area (Å²) in [4.78, 5) is 24.5. The van der Waals surface area contributed by atoms with Crippen LogP contribution in [0, 0.1) is 11.3 Å². The first-order chi connectivity index (χ1) is 14.8. The Balaban J connectivity index is 0.00000134. The Bertz CT molecular complexity index is 465. The van der Waals surface area contributed by atoms with E-state index in [-0.39, 0.29) is 16.9 Å². The number of ether oxygens (including phenoxy) is 3. The van der Waals surface area contributed by atoms with Crippen LogP contribution in [0.25, 0.3) is 0 Å². The maximum absolute atomic E-state index is 12.2. The van der Waals surface area contributed by atoms with Crippen LogP contribution in [0.15, 0.2) is 0 Å². The summed E-state index contributed by atoms with van der Waals surface area (Å²) in [5.41, 5.74) is -0.177. The van der Waals surface area contributed by atoms with Gasteiger partial charge in [0.05, 0.1) is 33.0 Å². The highest BCUT2D eigenvalue weighted by atomic mass is 16.5. The van der Waals surface area contributed by atoms with E-state index in [9.17, 15) is 9.59 Å². The molecule has 1 N–H and O–H groups in total. The van der Waals surface area contributed by atoms with E-state index < -0.39 is 0 Å². The quantitative estimate of drug-likeness (QED) is 0.433. The minimum Gasteiger partial charge on any atom is -0.382 e. The first kappa shape index (κ1) is 30.0. The van der Waals surface area contributed by atoms with Crippen LogP contribution in [-0.2, 0) is 23.8 Å². The second-order valence-corrected chi connectivity index (χ2v) is 9.09. The number of hydrogen-bond acceptors (Lipinski definition) is 5. The zero-order valence-electron chi connectivity index (χ0n) is 21.3. The van der Waals surface area contributed by atoms with E-state index in [4.69, 9.17) is 14.2 Å². The summed E-state index contributed by atoms with van der Waals surface area (Å²) in [5, 5.41) is 3.23. The molecule has 0 aromatic rings. The normalized spacial score (nSPS) is 24.0. The summed E-state index contributed by atoms with van der Waals surface area (Å²) >= 11 is 0. The van der Waals surface area contributed by atoms with Crippen molar-refractivity contribution in [2.24, 2.45) is 11.3 Å². The molecule has 0 unspecified atom stereocenters. The van der Waals surface area contributed by atoms with Crippen molar-refractivity contribution in [2.45, 2.75) is 98.4 Å². The van der Waals surface area contributed by atoms with Crippen molar-refractivity contribution >= 4 is 11.7 Å². The fraction of sp³-hybridized carbons (Fsp3) is 0.920. The molecule has 0 radical (unpaired) electrons. The third-order valence-corrected chi connectivity index (χ3v) is 5.84. The molecular formula is C25H49NO5. The standard InChI is InChI=1S/C19H33NO5.C4H10.C2H6/c1-3-16(21)18-5-8-19(9-6-18,10-7-18)20-17(22)4-11-24-14-15-25-13-12-23-2;1-4(2)3;1-2/h3-15H2,1-2H3,(H,20,22);4H,1-3H3;1-2H3. The zero-order chi connectivity index (χ0) is 23.8. The first-order valence-electron chi connectivity index (χ1n) is 12.3. The summed E-state index contributed by atoms with van der Waals surface area (Å²) in [5.74, 6) is 1.30. The molecule has 0 atom stereocenters. The predicted molar refractivity (Wildman–Crippen MR) is 126 cm³/mol. The smallest absolute Gasteiger partial charge is 0.222 e. The number of Topliss-reactive ketones (excluding diaryl/α,β-unsaturated/α-hetero) is 1. The Labute approximate surface area is 191 Å². The van der Waals surface area contributed by atoms with Crippen molar-refractivity contribution in [3.63, 3.8) is 0 Å². The van der Waals surface area contributed by atoms with Crippen LogP contribution in [0.2, 0.25) is 0 Å². The predicted octanol–water partition coefficient (Wildman–Crippen LogP) is 4.93. The third kappa shape index (κ3) is 11.4. The second-order valence-electron chi connectivity index (χ2n) is 9.09. The summed E-state index contributed by atoms with van der Waals surface area (Å²) in [6.45, 7) is 15.0. The highest BCUT2D eigenvalue weighted by Crippen LogP contribution is 2.53. The Morgan fingerprint density at radius 3 is 1.74 bits per heavy atom. The van der Waals surface area contributed by atoms with E-state index in [0.29, 0.717) is 51.7 Å². The number of rotatable bonds is 12. The van der Waals surface area contributed by atoms with Gasteiger partial charge in [0.25, 0.3) is 0 Å². The van der Waals surface area contributed by atoms with Gasteiger partial charge in [0.2, 0.25) is 5.91 Å². The van der Waals surface area contributed by atoms with Gasteiger partial charge >= 0.3 is 0 Å². The van der Waals surface area contributed by atoms with Crippen molar-refractivity contribution in [1.82, 2.24) is 5.32 Å². The van der Waals surface area contributed by atoms with Gasteiger partial charge in [-0.25, -0.2) is 0 Å². The molecular weight excluding hydrogens is 394 g/mol. The molecule has 184 valence electrons. The van der Waals surface area contributed by atoms with Gasteiger partial charge < -0.3 is 19.5 Å². The van der Waals surface area contributed by atoms with Gasteiger partial charge in [-0.2, -0.15) is 0 Å². The van der Waals surface area contributed by atoms with Crippen molar-refractivity contribution in [1.29, 1.82) is 0 Å². The fourth-order valence-electron chi connectivity index (χ4n) is 4.15. The molecule has 6 heteroatoms. The van der Waals surface area contributed by atoms with E-state index in [0.717, 1.165) is 44.4 Å². The van der Waals surface area contributed by atoms with Gasteiger partial charge in [0.15, 0.2) is 0 Å². The van der Waals surface area contributed by atoms with Crippen molar-refractivity contribution < 1.29 is 23.8 Å². The Morgan fingerprint density at radius 2 is 1.29 bits per heavy atom. The van der Waals surface area contributed by atoms with Crippen LogP contribution in [0.5, 0.6) is 0 Å². The SMILES string of the molecule is CC.CC(C)C.CCC(=O)C12CCC(NC(=O)CCOCCOCCOC)(CC1)CC2. The van der Waals surface area contributed by atoms with Gasteiger partial charge in [-0.05, 0) is 44.4 Å². The lowest BCUT2D eigenvalue weighted by atomic mass is 9.55. The van der Waals surface area contributed by atoms with Gasteiger partial charge in [-0.1, -0.05) is 41.5 Å². The van der Waals surface area contributed by atoms with Crippen LogP contribution >= 0.6 is 0 Å². The number of nitrogens with one attached hydrogen (secondary N) is 1. The highest BCUT2D eigenvalue weighted by Gasteiger charge is 2.51. The lowest BCUT2D eigenvalue weighted by molar-refractivity contribution is -0.137. The topological polar surface area (TPSA) is 73.9 Å². The molecule has 0 spiro atoms. The van der Waals surface area contributed by atoms with Crippen LogP contribution in [0.3, 0.4) is 0 Å². The molecule has 3 saturated carbocycles. The number of ketones is 1. The molecule has 3 aliphatic carbocycles. The second kappa shape index (κ2) is 16.6. The number of hydrogen-bond donors (Lipinski definition) is 1. The lowest BCUT2D eigenvalue weighted by Gasteiger charge is -2.52. The summed E-state index contributed by atoms with van der Waals surface area (Å²) in [6.07, 6.45) is 6.57. The number of methoxy groups -OCH3 is 1. The highest BCUT2D eigenvalue weighted by molar-refractivity contribution is 5.85. The number of carbonyl (C=O) groups excluding carboxylic acids is 2. The maximum Gasteiger partial charge on any atom is 0.222 e. The van der Waals surface area contributed by atoms with E-state index in [1.807, 2.05) is 20.8 Å². The maximum atomic E-state index is 12.2. The molecule has 3 fully saturated rings. The molecule has 2 bridgehead atoms. The molecule has 0 saturated heterocycles. The molecule has 3 aliphatic rings. The summed E-state index contributed by atoms with van der Waals surface area (Å²) in [7, 11) is 1.64. The van der Waals surface area contributed by atoms with Gasteiger partial charge in [-0.3, -0.25) is 9.59 Å². The molecule has 0 aromatic heterocycles. The van der Waals surface area contributed by atoms with Crippen LogP contribution in [0.4, 0.5) is 0 Å². The van der Waals surface area contributed by atoms with E-state index >= 15 is 0 Å². The lowest BCUT2D eigenvalue weighted by Crippen LogP contribution is -2.58. The minimum atomic E-state index is -0.0901. The van der Waals surface area contributed by atoms with Crippen LogP contribution < -0.4 is 5.32 Å². The number of carbonyl (C=O) groups is 2. The first-order valence-corrected chi connectivity index (χ1v) is 12.3. The molecule has 1 amide bonds. The average Bonchev–Trinajstić information content (AvgIpc) is 2.77. The van der Waals surface area contributed by atoms with E-state index in [2.05, 4.69) is 26.1 Å². The van der Waals surface area contributed by atoms with Gasteiger partial charge in [0.1, 0.15) is 5.78 Å². The number of amides is 1.